The van der Waals surface area contributed by atoms with Crippen molar-refractivity contribution < 1.29 is 19.0 Å². The van der Waals surface area contributed by atoms with Gasteiger partial charge in [-0.05, 0) is 158 Å². The average Bonchev–Trinajstić information content (AvgIpc) is 3.52. The fourth-order valence-electron chi connectivity index (χ4n) is 11.7. The highest BCUT2D eigenvalue weighted by atomic mass is 16.5. The number of unbranched alkanes of at least 4 members (excludes halogenated alkanes) is 2. The summed E-state index contributed by atoms with van der Waals surface area (Å²) in [5.74, 6) is 6.55. The van der Waals surface area contributed by atoms with Crippen molar-refractivity contribution in [3.8, 4) is 11.5 Å². The van der Waals surface area contributed by atoms with Crippen LogP contribution in [0.25, 0.3) is 10.8 Å². The summed E-state index contributed by atoms with van der Waals surface area (Å²) in [7, 11) is 0. The third kappa shape index (κ3) is 8.37. The molecule has 0 unspecified atom stereocenters. The smallest absolute Gasteiger partial charge is 0.338 e. The van der Waals surface area contributed by atoms with Gasteiger partial charge in [0.1, 0.15) is 17.6 Å². The molecular formula is C49H66O4. The fraction of sp³-hybridized carbons (Fsp3) is 0.612. The molecule has 8 atom stereocenters. The number of rotatable bonds is 15. The standard InChI is InChI=1S/C49H66O4/c1-34(2)12-11-13-35(3)44-24-25-45-43-23-19-39-33-42(26-28-48(39,4)46(43)27-29-49(44,45)5)53-47(50)37-17-20-40(21-18-37)51-30-9-6-10-31-52-41-22-16-36-14-7-8-15-38(36)32-41/h7-8,14-22,32,34-35,42-46H,6,9-13,23-31,33H2,1-5H3/t35-,42+,43+,44-,45+,46+,48+,49-/m1/s1. The third-order valence-electron chi connectivity index (χ3n) is 14.7. The topological polar surface area (TPSA) is 44.8 Å². The minimum Gasteiger partial charge on any atom is -0.494 e. The summed E-state index contributed by atoms with van der Waals surface area (Å²) in [5.41, 5.74) is 2.96. The van der Waals surface area contributed by atoms with Crippen molar-refractivity contribution in [1.29, 1.82) is 0 Å². The zero-order chi connectivity index (χ0) is 37.0. The maximum atomic E-state index is 13.3. The van der Waals surface area contributed by atoms with Gasteiger partial charge in [0, 0.05) is 6.42 Å². The van der Waals surface area contributed by atoms with Crippen molar-refractivity contribution >= 4 is 16.7 Å². The first kappa shape index (κ1) is 38.0. The lowest BCUT2D eigenvalue weighted by molar-refractivity contribution is -0.0594. The number of ether oxygens (including phenoxy) is 3. The Hall–Kier alpha value is -3.27. The predicted octanol–water partition coefficient (Wildman–Crippen LogP) is 13.0. The van der Waals surface area contributed by atoms with Crippen LogP contribution in [0.5, 0.6) is 11.5 Å². The van der Waals surface area contributed by atoms with Crippen LogP contribution >= 0.6 is 0 Å². The van der Waals surface area contributed by atoms with Gasteiger partial charge >= 0.3 is 5.97 Å². The summed E-state index contributed by atoms with van der Waals surface area (Å²) in [5, 5.41) is 2.43. The molecule has 0 spiro atoms. The van der Waals surface area contributed by atoms with E-state index in [9.17, 15) is 4.79 Å². The number of carbonyl (C=O) groups excluding carboxylic acids is 1. The molecule has 4 nitrogen and oxygen atoms in total. The molecule has 3 saturated carbocycles. The largest absolute Gasteiger partial charge is 0.494 e. The molecule has 286 valence electrons. The molecule has 0 saturated heterocycles. The lowest BCUT2D eigenvalue weighted by Crippen LogP contribution is -2.51. The van der Waals surface area contributed by atoms with Crippen molar-refractivity contribution in [2.24, 2.45) is 46.3 Å². The van der Waals surface area contributed by atoms with E-state index in [1.54, 1.807) is 5.57 Å². The minimum atomic E-state index is -0.209. The Bertz CT molecular complexity index is 1710. The number of allylic oxidation sites excluding steroid dienone is 1. The normalized spacial score (nSPS) is 29.8. The van der Waals surface area contributed by atoms with E-state index in [0.717, 1.165) is 85.5 Å². The van der Waals surface area contributed by atoms with Gasteiger partial charge in [0.15, 0.2) is 0 Å². The molecule has 3 aromatic carbocycles. The molecule has 4 heteroatoms. The fourth-order valence-corrected chi connectivity index (χ4v) is 11.7. The van der Waals surface area contributed by atoms with Crippen LogP contribution in [-0.4, -0.2) is 25.3 Å². The van der Waals surface area contributed by atoms with Gasteiger partial charge in [-0.25, -0.2) is 4.79 Å². The summed E-state index contributed by atoms with van der Waals surface area (Å²) < 4.78 is 18.1. The van der Waals surface area contributed by atoms with E-state index in [0.29, 0.717) is 24.2 Å². The van der Waals surface area contributed by atoms with Gasteiger partial charge in [-0.1, -0.05) is 95.9 Å². The number of carbonyl (C=O) groups is 1. The van der Waals surface area contributed by atoms with Crippen LogP contribution in [0.15, 0.2) is 78.4 Å². The molecule has 7 rings (SSSR count). The van der Waals surface area contributed by atoms with Gasteiger partial charge in [0.05, 0.1) is 18.8 Å². The van der Waals surface area contributed by atoms with Gasteiger partial charge in [0.25, 0.3) is 0 Å². The highest BCUT2D eigenvalue weighted by molar-refractivity contribution is 5.89. The zero-order valence-corrected chi connectivity index (χ0v) is 33.4. The van der Waals surface area contributed by atoms with Crippen LogP contribution in [-0.2, 0) is 4.74 Å². The first-order chi connectivity index (χ1) is 25.6. The van der Waals surface area contributed by atoms with Gasteiger partial charge in [-0.2, -0.15) is 0 Å². The van der Waals surface area contributed by atoms with Crippen LogP contribution in [0.2, 0.25) is 0 Å². The molecule has 0 aliphatic heterocycles. The average molecular weight is 719 g/mol. The van der Waals surface area contributed by atoms with Crippen molar-refractivity contribution in [2.75, 3.05) is 13.2 Å². The van der Waals surface area contributed by atoms with E-state index < -0.39 is 0 Å². The van der Waals surface area contributed by atoms with E-state index >= 15 is 0 Å². The van der Waals surface area contributed by atoms with Crippen molar-refractivity contribution in [2.45, 2.75) is 131 Å². The van der Waals surface area contributed by atoms with Crippen LogP contribution in [0.1, 0.15) is 135 Å². The Kier molecular flexibility index (Phi) is 11.9. The van der Waals surface area contributed by atoms with Gasteiger partial charge in [0.2, 0.25) is 0 Å². The molecule has 3 fully saturated rings. The number of hydrogen-bond donors (Lipinski definition) is 0. The Morgan fingerprint density at radius 1 is 0.755 bits per heavy atom. The lowest BCUT2D eigenvalue weighted by Gasteiger charge is -2.58. The molecule has 0 aromatic heterocycles. The highest BCUT2D eigenvalue weighted by Gasteiger charge is 2.59. The van der Waals surface area contributed by atoms with E-state index in [2.05, 4.69) is 77.1 Å². The van der Waals surface area contributed by atoms with E-state index in [-0.39, 0.29) is 17.5 Å². The number of hydrogen-bond acceptors (Lipinski definition) is 4. The number of benzene rings is 3. The predicted molar refractivity (Wildman–Crippen MR) is 217 cm³/mol. The molecular weight excluding hydrogens is 653 g/mol. The Labute approximate surface area is 320 Å². The molecule has 0 amide bonds. The number of fused-ring (bicyclic) bond motifs is 6. The molecule has 0 radical (unpaired) electrons. The lowest BCUT2D eigenvalue weighted by atomic mass is 9.47. The van der Waals surface area contributed by atoms with Crippen LogP contribution in [0, 0.1) is 46.3 Å². The van der Waals surface area contributed by atoms with Gasteiger partial charge in [-0.15, -0.1) is 0 Å². The maximum Gasteiger partial charge on any atom is 0.338 e. The van der Waals surface area contributed by atoms with Crippen LogP contribution in [0.4, 0.5) is 0 Å². The van der Waals surface area contributed by atoms with Crippen molar-refractivity contribution in [3.63, 3.8) is 0 Å². The summed E-state index contributed by atoms with van der Waals surface area (Å²) in [4.78, 5) is 13.3. The second kappa shape index (κ2) is 16.6. The summed E-state index contributed by atoms with van der Waals surface area (Å²) in [6, 6.07) is 22.1. The Morgan fingerprint density at radius 3 is 2.26 bits per heavy atom. The molecule has 0 bridgehead atoms. The molecule has 53 heavy (non-hydrogen) atoms. The third-order valence-corrected chi connectivity index (χ3v) is 14.7. The first-order valence-corrected chi connectivity index (χ1v) is 21.4. The summed E-state index contributed by atoms with van der Waals surface area (Å²) in [6.07, 6.45) is 19.6. The Balaban J connectivity index is 0.839. The molecule has 4 aliphatic rings. The van der Waals surface area contributed by atoms with E-state index in [1.807, 2.05) is 30.3 Å². The number of esters is 1. The molecule has 0 heterocycles. The molecule has 4 aliphatic carbocycles. The second-order valence-electron chi connectivity index (χ2n) is 18.4. The first-order valence-electron chi connectivity index (χ1n) is 21.4. The summed E-state index contributed by atoms with van der Waals surface area (Å²) in [6.45, 7) is 13.9. The van der Waals surface area contributed by atoms with Gasteiger partial charge in [-0.3, -0.25) is 0 Å². The molecule has 0 N–H and O–H groups in total. The van der Waals surface area contributed by atoms with Crippen molar-refractivity contribution in [3.05, 3.63) is 83.9 Å². The Morgan fingerprint density at radius 2 is 1.49 bits per heavy atom. The van der Waals surface area contributed by atoms with Crippen molar-refractivity contribution in [1.82, 2.24) is 0 Å². The van der Waals surface area contributed by atoms with E-state index in [4.69, 9.17) is 14.2 Å². The van der Waals surface area contributed by atoms with Gasteiger partial charge < -0.3 is 14.2 Å². The van der Waals surface area contributed by atoms with E-state index in [1.165, 1.54) is 62.1 Å². The van der Waals surface area contributed by atoms with Crippen LogP contribution in [0.3, 0.4) is 0 Å². The minimum absolute atomic E-state index is 0.0316. The zero-order valence-electron chi connectivity index (χ0n) is 33.4. The van der Waals surface area contributed by atoms with Crippen LogP contribution < -0.4 is 9.47 Å². The summed E-state index contributed by atoms with van der Waals surface area (Å²) >= 11 is 0. The monoisotopic (exact) mass is 718 g/mol. The quantitative estimate of drug-likeness (QED) is 0.0891. The molecule has 3 aromatic rings. The SMILES string of the molecule is CC(C)CCC[C@@H](C)[C@H]1CC[C@H]2[C@@H]3CC=C4C[C@@H](OC(=O)c5ccc(OCCCCCOc6ccc7ccccc7c6)cc5)CC[C@]4(C)[C@H]3CC[C@]12C. The highest BCUT2D eigenvalue weighted by Crippen LogP contribution is 2.67. The maximum absolute atomic E-state index is 13.3. The second-order valence-corrected chi connectivity index (χ2v) is 18.4.